The van der Waals surface area contributed by atoms with Gasteiger partial charge in [-0.2, -0.15) is 0 Å². The molecule has 3 atom stereocenters. The summed E-state index contributed by atoms with van der Waals surface area (Å²) >= 11 is -6.43. The monoisotopic (exact) mass is 1200 g/mol. The predicted octanol–water partition coefficient (Wildman–Crippen LogP) is 13.5. The van der Waals surface area contributed by atoms with Gasteiger partial charge >= 0.3 is 393 Å². The molecule has 0 amide bonds. The molecule has 0 N–H and O–H groups in total. The third-order valence-corrected chi connectivity index (χ3v) is 40.5. The second-order valence-electron chi connectivity index (χ2n) is 24.2. The fraction of sp³-hybridized carbons (Fsp3) is 0.333. The summed E-state index contributed by atoms with van der Waals surface area (Å²) in [6, 6.07) is 79.2. The third kappa shape index (κ3) is 10.7. The van der Waals surface area contributed by atoms with Gasteiger partial charge in [0.15, 0.2) is 0 Å². The van der Waals surface area contributed by atoms with Crippen LogP contribution in [0.3, 0.4) is 0 Å². The first-order valence-electron chi connectivity index (χ1n) is 31.1. The molecule has 8 aromatic rings. The van der Waals surface area contributed by atoms with Gasteiger partial charge in [-0.05, 0) is 49.3 Å². The van der Waals surface area contributed by atoms with Crippen LogP contribution >= 0.6 is 0 Å². The molecule has 1 saturated carbocycles. The Bertz CT molecular complexity index is 3130. The van der Waals surface area contributed by atoms with E-state index in [0.717, 1.165) is 50.0 Å². The second kappa shape index (κ2) is 24.7. The van der Waals surface area contributed by atoms with Crippen LogP contribution in [0.5, 0.6) is 11.5 Å². The first-order chi connectivity index (χ1) is 39.9. The van der Waals surface area contributed by atoms with E-state index in [1.807, 2.05) is 0 Å². The molecule has 2 fully saturated rings. The molecule has 81 heavy (non-hydrogen) atoms. The number of nitrogens with zero attached hydrogens (tertiary/aromatic N) is 2. The predicted molar refractivity (Wildman–Crippen MR) is 347 cm³/mol. The van der Waals surface area contributed by atoms with Crippen molar-refractivity contribution in [3.8, 4) is 11.5 Å². The molecule has 0 radical (unpaired) electrons. The van der Waals surface area contributed by atoms with Gasteiger partial charge in [-0.1, -0.05) is 45.6 Å². The Balaban J connectivity index is 0.936. The number of aryl methyl sites for hydroxylation is 2. The number of benzene rings is 8. The number of rotatable bonds is 22. The molecule has 416 valence electrons. The molecule has 0 bridgehead atoms. The van der Waals surface area contributed by atoms with E-state index < -0.39 is 33.1 Å². The number of fused-ring (bicyclic) bond motifs is 5. The van der Waals surface area contributed by atoms with E-state index in [4.69, 9.17) is 9.47 Å². The van der Waals surface area contributed by atoms with Gasteiger partial charge in [-0.3, -0.25) is 0 Å². The van der Waals surface area contributed by atoms with E-state index in [1.54, 1.807) is 0 Å². The van der Waals surface area contributed by atoms with E-state index in [0.29, 0.717) is 23.9 Å². The molecule has 3 aliphatic heterocycles. The maximum absolute atomic E-state index is 7.63. The number of hydrogen-bond acceptors (Lipinski definition) is 2. The molecule has 1 spiro atoms. The Morgan fingerprint density at radius 2 is 0.716 bits per heavy atom. The van der Waals surface area contributed by atoms with Crippen LogP contribution in [0.2, 0.25) is 10.4 Å². The van der Waals surface area contributed by atoms with Crippen molar-refractivity contribution in [2.45, 2.75) is 158 Å². The van der Waals surface area contributed by atoms with Crippen molar-refractivity contribution in [2.75, 3.05) is 0 Å². The summed E-state index contributed by atoms with van der Waals surface area (Å²) in [5.41, 5.74) is 7.73. The van der Waals surface area contributed by atoms with E-state index in [-0.39, 0.29) is 0 Å². The summed E-state index contributed by atoms with van der Waals surface area (Å²) in [5.74, 6) is 2.85. The molecule has 4 nitrogen and oxygen atoms in total. The van der Waals surface area contributed by atoms with E-state index in [2.05, 4.69) is 256 Å². The van der Waals surface area contributed by atoms with Gasteiger partial charge in [0.05, 0.1) is 5.56 Å². The average Bonchev–Trinajstić information content (AvgIpc) is 2.68. The van der Waals surface area contributed by atoms with Crippen LogP contribution in [0, 0.1) is 13.8 Å². The van der Waals surface area contributed by atoms with E-state index in [1.165, 1.54) is 121 Å². The van der Waals surface area contributed by atoms with Gasteiger partial charge < -0.3 is 0 Å². The van der Waals surface area contributed by atoms with Crippen LogP contribution in [0.15, 0.2) is 206 Å². The molecular formula is C75H86As2N2O2+2. The zero-order chi connectivity index (χ0) is 55.2. The van der Waals surface area contributed by atoms with E-state index in [9.17, 15) is 0 Å². The molecule has 8 aromatic carbocycles. The van der Waals surface area contributed by atoms with Crippen LogP contribution < -0.4 is 35.6 Å². The zero-order valence-electron chi connectivity index (χ0n) is 48.6. The molecule has 0 aromatic heterocycles. The Morgan fingerprint density at radius 1 is 0.420 bits per heavy atom. The number of hydrogen-bond donors (Lipinski definition) is 0. The third-order valence-electron chi connectivity index (χ3n) is 19.3. The topological polar surface area (TPSA) is 24.5 Å². The van der Waals surface area contributed by atoms with Gasteiger partial charge in [0.1, 0.15) is 0 Å². The van der Waals surface area contributed by atoms with Gasteiger partial charge in [0.25, 0.3) is 0 Å². The fourth-order valence-electron chi connectivity index (χ4n) is 15.3. The number of ether oxygens (including phenoxy) is 2. The van der Waals surface area contributed by atoms with Gasteiger partial charge in [0, 0.05) is 0 Å². The summed E-state index contributed by atoms with van der Waals surface area (Å²) in [5, 5.41) is 2.36. The molecule has 3 heterocycles. The van der Waals surface area contributed by atoms with Crippen molar-refractivity contribution in [3.63, 3.8) is 0 Å². The molecule has 1 saturated heterocycles. The fourth-order valence-corrected chi connectivity index (χ4v) is 35.8. The van der Waals surface area contributed by atoms with Gasteiger partial charge in [-0.25, -0.2) is 0 Å². The van der Waals surface area contributed by atoms with Crippen LogP contribution in [0.1, 0.15) is 149 Å². The SMILES string of the molecule is CCCCC(CCCC)c1cc(C)c2c(c1)C=[N+]1C3CCCCC3[N+]3=Cc4cc(C(CCC[AsH](c5ccccc5)(c5ccccc5)c5ccccc5)CCC[AsH](c5ccccc5)(c5ccccc5)c5ccccc5)cc(C)c4OC13O2. The maximum atomic E-state index is 7.63. The van der Waals surface area contributed by atoms with Crippen molar-refractivity contribution in [1.82, 2.24) is 0 Å². The Labute approximate surface area is 489 Å². The molecule has 1 aliphatic carbocycles. The number of unbranched alkanes of at least 4 members (excludes halogenated alkanes) is 2. The summed E-state index contributed by atoms with van der Waals surface area (Å²) in [6.45, 7) is 9.22. The van der Waals surface area contributed by atoms with Crippen molar-refractivity contribution < 1.29 is 18.6 Å². The van der Waals surface area contributed by atoms with Crippen molar-refractivity contribution in [2.24, 2.45) is 0 Å². The molecule has 12 rings (SSSR count). The summed E-state index contributed by atoms with van der Waals surface area (Å²) in [4.78, 5) is 0. The van der Waals surface area contributed by atoms with Crippen molar-refractivity contribution >= 4 is 65.6 Å². The summed E-state index contributed by atoms with van der Waals surface area (Å²) < 4.78 is 29.4. The molecule has 4 aliphatic rings. The van der Waals surface area contributed by atoms with Crippen molar-refractivity contribution in [1.29, 1.82) is 0 Å². The van der Waals surface area contributed by atoms with Crippen LogP contribution in [-0.2, 0) is 0 Å². The first-order valence-corrected chi connectivity index (χ1v) is 40.4. The zero-order valence-corrected chi connectivity index (χ0v) is 52.8. The van der Waals surface area contributed by atoms with Crippen LogP contribution in [0.25, 0.3) is 0 Å². The Morgan fingerprint density at radius 3 is 1.01 bits per heavy atom. The first kappa shape index (κ1) is 55.4. The van der Waals surface area contributed by atoms with Gasteiger partial charge in [-0.15, -0.1) is 0 Å². The van der Waals surface area contributed by atoms with E-state index >= 15 is 0 Å². The summed E-state index contributed by atoms with van der Waals surface area (Å²) in [6.07, 6.45) is 21.6. The molecule has 6 heteroatoms. The Kier molecular flexibility index (Phi) is 16.9. The average molecular weight is 1200 g/mol. The van der Waals surface area contributed by atoms with Crippen molar-refractivity contribution in [3.05, 3.63) is 240 Å². The van der Waals surface area contributed by atoms with Gasteiger partial charge in [0.2, 0.25) is 0 Å². The molecular weight excluding hydrogens is 1110 g/mol. The normalized spacial score (nSPS) is 18.9. The van der Waals surface area contributed by atoms with Crippen LogP contribution in [0.4, 0.5) is 0 Å². The summed E-state index contributed by atoms with van der Waals surface area (Å²) in [7, 11) is 0. The quantitative estimate of drug-likeness (QED) is 0.0499. The molecule has 3 unspecified atom stereocenters. The minimum atomic E-state index is -3.22. The Hall–Kier alpha value is -6.18. The van der Waals surface area contributed by atoms with Crippen LogP contribution in [-0.4, -0.2) is 66.8 Å². The standard InChI is InChI=1S/C75H86As2N2O2/c1-5-7-31-59(32-8-6-2)61-51-57(3)73-63(53-61)55-78-71-47-27-28-48-72(71)79-56-64-54-62(52-58(4)74(64)81-75(78,79)80-73)60(33-29-49-76(65-35-15-9-16-36-65,66-37-17-10-18-38-66)67-39-19-11-20-40-67)34-30-50-77(68-41-21-12-22-42-68,69-43-23-13-24-44-69)70-45-25-14-26-46-70/h9-26,35-46,51-56,59-60,71-72,76-77H,5-8,27-34,47-50H2,1-4H3/q+2. The second-order valence-corrected chi connectivity index (χ2v) is 41.2. The minimum absolute atomic E-state index is 0.293.